The summed E-state index contributed by atoms with van der Waals surface area (Å²) in [7, 11) is 0. The Morgan fingerprint density at radius 2 is 1.90 bits per heavy atom. The van der Waals surface area contributed by atoms with Crippen molar-refractivity contribution in [1.82, 2.24) is 4.98 Å². The number of nitrogens with zero attached hydrogens (tertiary/aromatic N) is 1. The molecule has 0 fully saturated rings. The van der Waals surface area contributed by atoms with E-state index in [0.717, 1.165) is 5.39 Å². The number of pyridine rings is 1. The summed E-state index contributed by atoms with van der Waals surface area (Å²) in [6.07, 6.45) is 1.56. The summed E-state index contributed by atoms with van der Waals surface area (Å²) in [4.78, 5) is 15.1. The number of rotatable bonds is 3. The second-order valence-corrected chi connectivity index (χ2v) is 4.51. The number of carboxylic acids is 1. The quantitative estimate of drug-likeness (QED) is 0.768. The molecule has 0 saturated carbocycles. The number of hydrogen-bond donors (Lipinski definition) is 2. The predicted molar refractivity (Wildman–Crippen MR) is 79.6 cm³/mol. The van der Waals surface area contributed by atoms with E-state index in [9.17, 15) is 4.79 Å². The summed E-state index contributed by atoms with van der Waals surface area (Å²) < 4.78 is 5.70. The maximum Gasteiger partial charge on any atom is 0.336 e. The second kappa shape index (κ2) is 5.13. The number of aromatic carboxylic acids is 1. The lowest BCUT2D eigenvalue weighted by Crippen LogP contribution is -1.97. The van der Waals surface area contributed by atoms with Gasteiger partial charge in [0.05, 0.1) is 5.56 Å². The van der Waals surface area contributed by atoms with E-state index in [1.807, 2.05) is 6.07 Å². The molecule has 0 amide bonds. The summed E-state index contributed by atoms with van der Waals surface area (Å²) in [6.45, 7) is 0. The van der Waals surface area contributed by atoms with E-state index in [0.29, 0.717) is 22.7 Å². The number of benzene rings is 2. The molecule has 104 valence electrons. The van der Waals surface area contributed by atoms with Gasteiger partial charge in [0.2, 0.25) is 0 Å². The zero-order chi connectivity index (χ0) is 14.8. The van der Waals surface area contributed by atoms with E-state index in [1.54, 1.807) is 48.7 Å². The monoisotopic (exact) mass is 280 g/mol. The van der Waals surface area contributed by atoms with Gasteiger partial charge in [0.15, 0.2) is 0 Å². The van der Waals surface area contributed by atoms with Gasteiger partial charge in [-0.25, -0.2) is 9.78 Å². The van der Waals surface area contributed by atoms with E-state index in [2.05, 4.69) is 4.98 Å². The van der Waals surface area contributed by atoms with Crippen LogP contribution in [-0.2, 0) is 0 Å². The molecule has 0 bridgehead atoms. The molecule has 3 N–H and O–H groups in total. The van der Waals surface area contributed by atoms with E-state index in [4.69, 9.17) is 15.6 Å². The average molecular weight is 280 g/mol. The van der Waals surface area contributed by atoms with Gasteiger partial charge >= 0.3 is 5.97 Å². The van der Waals surface area contributed by atoms with Crippen LogP contribution in [0.1, 0.15) is 10.4 Å². The van der Waals surface area contributed by atoms with Crippen molar-refractivity contribution < 1.29 is 14.6 Å². The summed E-state index contributed by atoms with van der Waals surface area (Å²) in [5.74, 6) is 0.615. The highest BCUT2D eigenvalue weighted by Crippen LogP contribution is 2.27. The number of carboxylic acid groups (broad SMARTS) is 1. The molecule has 1 aromatic heterocycles. The van der Waals surface area contributed by atoms with Gasteiger partial charge < -0.3 is 15.6 Å². The molecule has 0 radical (unpaired) electrons. The largest absolute Gasteiger partial charge is 0.478 e. The number of nitrogens with two attached hydrogens (primary N) is 1. The van der Waals surface area contributed by atoms with Crippen molar-refractivity contribution in [1.29, 1.82) is 0 Å². The van der Waals surface area contributed by atoms with Crippen LogP contribution in [0.15, 0.2) is 54.7 Å². The van der Waals surface area contributed by atoms with Crippen LogP contribution in [0.2, 0.25) is 0 Å². The lowest BCUT2D eigenvalue weighted by Gasteiger charge is -2.08. The first-order valence-corrected chi connectivity index (χ1v) is 6.29. The van der Waals surface area contributed by atoms with Crippen LogP contribution in [0, 0.1) is 0 Å². The molecule has 0 unspecified atom stereocenters. The van der Waals surface area contributed by atoms with Crippen LogP contribution in [0.3, 0.4) is 0 Å². The van der Waals surface area contributed by atoms with E-state index in [-0.39, 0.29) is 5.56 Å². The van der Waals surface area contributed by atoms with E-state index in [1.165, 1.54) is 0 Å². The minimum absolute atomic E-state index is 0.271. The predicted octanol–water partition coefficient (Wildman–Crippen LogP) is 3.31. The van der Waals surface area contributed by atoms with Crippen LogP contribution in [-0.4, -0.2) is 16.1 Å². The van der Waals surface area contributed by atoms with Gasteiger partial charge in [-0.15, -0.1) is 0 Å². The van der Waals surface area contributed by atoms with Crippen molar-refractivity contribution in [3.8, 4) is 11.5 Å². The fourth-order valence-electron chi connectivity index (χ4n) is 2.14. The SMILES string of the molecule is Nc1cc(Oc2ccc3c(C(=O)O)cccc3c2)ccn1. The molecule has 0 aliphatic rings. The van der Waals surface area contributed by atoms with Crippen LogP contribution in [0.4, 0.5) is 5.82 Å². The highest BCUT2D eigenvalue weighted by Gasteiger charge is 2.08. The fourth-order valence-corrected chi connectivity index (χ4v) is 2.14. The van der Waals surface area contributed by atoms with Crippen molar-refractivity contribution in [2.75, 3.05) is 5.73 Å². The van der Waals surface area contributed by atoms with Crippen LogP contribution in [0.25, 0.3) is 10.8 Å². The van der Waals surface area contributed by atoms with Crippen LogP contribution >= 0.6 is 0 Å². The molecule has 3 rings (SSSR count). The topological polar surface area (TPSA) is 85.4 Å². The molecule has 0 spiro atoms. The summed E-state index contributed by atoms with van der Waals surface area (Å²) in [6, 6.07) is 13.7. The first-order chi connectivity index (χ1) is 10.1. The van der Waals surface area contributed by atoms with Gasteiger partial charge in [-0.1, -0.05) is 12.1 Å². The number of hydrogen-bond acceptors (Lipinski definition) is 4. The zero-order valence-corrected chi connectivity index (χ0v) is 11.0. The Morgan fingerprint density at radius 1 is 1.10 bits per heavy atom. The third-order valence-corrected chi connectivity index (χ3v) is 3.07. The Kier molecular flexibility index (Phi) is 3.16. The minimum Gasteiger partial charge on any atom is -0.478 e. The molecule has 0 saturated heterocycles. The lowest BCUT2D eigenvalue weighted by molar-refractivity contribution is 0.0699. The van der Waals surface area contributed by atoms with E-state index >= 15 is 0 Å². The number of nitrogen functional groups attached to an aromatic ring is 1. The molecular weight excluding hydrogens is 268 g/mol. The third-order valence-electron chi connectivity index (χ3n) is 3.07. The Bertz CT molecular complexity index is 831. The first-order valence-electron chi connectivity index (χ1n) is 6.29. The zero-order valence-electron chi connectivity index (χ0n) is 11.0. The maximum absolute atomic E-state index is 11.2. The smallest absolute Gasteiger partial charge is 0.336 e. The van der Waals surface area contributed by atoms with Gasteiger partial charge in [0, 0.05) is 12.3 Å². The summed E-state index contributed by atoms with van der Waals surface area (Å²) >= 11 is 0. The third kappa shape index (κ3) is 2.62. The number of ether oxygens (including phenoxy) is 1. The normalized spacial score (nSPS) is 10.5. The number of carbonyl (C=O) groups is 1. The van der Waals surface area contributed by atoms with Crippen molar-refractivity contribution in [3.63, 3.8) is 0 Å². The molecule has 21 heavy (non-hydrogen) atoms. The highest BCUT2D eigenvalue weighted by atomic mass is 16.5. The molecule has 0 aliphatic heterocycles. The van der Waals surface area contributed by atoms with Crippen LogP contribution in [0.5, 0.6) is 11.5 Å². The summed E-state index contributed by atoms with van der Waals surface area (Å²) in [5, 5.41) is 10.6. The Labute approximate surface area is 120 Å². The Hall–Kier alpha value is -3.08. The molecule has 1 heterocycles. The van der Waals surface area contributed by atoms with Crippen LogP contribution < -0.4 is 10.5 Å². The molecule has 0 aliphatic carbocycles. The molecule has 5 heteroatoms. The Morgan fingerprint density at radius 3 is 2.67 bits per heavy atom. The molecule has 5 nitrogen and oxygen atoms in total. The first kappa shape index (κ1) is 12.9. The fraction of sp³-hybridized carbons (Fsp3) is 0. The molecule has 2 aromatic carbocycles. The molecule has 0 atom stereocenters. The number of aromatic nitrogens is 1. The van der Waals surface area contributed by atoms with Gasteiger partial charge in [-0.05, 0) is 41.1 Å². The minimum atomic E-state index is -0.948. The van der Waals surface area contributed by atoms with Gasteiger partial charge in [-0.3, -0.25) is 0 Å². The lowest BCUT2D eigenvalue weighted by atomic mass is 10.0. The van der Waals surface area contributed by atoms with E-state index < -0.39 is 5.97 Å². The molecule has 3 aromatic rings. The number of anilines is 1. The Balaban J connectivity index is 2.00. The summed E-state index contributed by atoms with van der Waals surface area (Å²) in [5.41, 5.74) is 5.87. The second-order valence-electron chi connectivity index (χ2n) is 4.51. The molecular formula is C16H12N2O3. The van der Waals surface area contributed by atoms with Crippen molar-refractivity contribution in [3.05, 3.63) is 60.3 Å². The number of fused-ring (bicyclic) bond motifs is 1. The van der Waals surface area contributed by atoms with Gasteiger partial charge in [0.25, 0.3) is 0 Å². The van der Waals surface area contributed by atoms with Crippen molar-refractivity contribution in [2.45, 2.75) is 0 Å². The van der Waals surface area contributed by atoms with Gasteiger partial charge in [0.1, 0.15) is 17.3 Å². The highest BCUT2D eigenvalue weighted by molar-refractivity contribution is 6.03. The standard InChI is InChI=1S/C16H12N2O3/c17-15-9-12(6-7-18-15)21-11-4-5-13-10(8-11)2-1-3-14(13)16(19)20/h1-9H,(H2,17,18)(H,19,20). The van der Waals surface area contributed by atoms with Crippen molar-refractivity contribution in [2.24, 2.45) is 0 Å². The maximum atomic E-state index is 11.2. The average Bonchev–Trinajstić information content (AvgIpc) is 2.46. The van der Waals surface area contributed by atoms with Crippen molar-refractivity contribution >= 4 is 22.6 Å². The van der Waals surface area contributed by atoms with Gasteiger partial charge in [-0.2, -0.15) is 0 Å².